The number of fused-ring (bicyclic) bond motifs is 2. The van der Waals surface area contributed by atoms with Crippen molar-refractivity contribution in [3.05, 3.63) is 96.2 Å². The summed E-state index contributed by atoms with van der Waals surface area (Å²) in [5.74, 6) is -0.814. The molecule has 28 heavy (non-hydrogen) atoms. The monoisotopic (exact) mass is 367 g/mol. The number of aromatic nitrogens is 1. The molecule has 4 nitrogen and oxygen atoms in total. The van der Waals surface area contributed by atoms with Crippen LogP contribution in [0.3, 0.4) is 0 Å². The molecule has 0 bridgehead atoms. The first kappa shape index (κ1) is 17.6. The molecule has 0 atom stereocenters. The van der Waals surface area contributed by atoms with Crippen LogP contribution in [-0.2, 0) is 9.53 Å². The fourth-order valence-electron chi connectivity index (χ4n) is 3.06. The minimum Gasteiger partial charge on any atom is -0.454 e. The van der Waals surface area contributed by atoms with E-state index in [1.54, 1.807) is 12.1 Å². The first-order valence-electron chi connectivity index (χ1n) is 8.92. The highest BCUT2D eigenvalue weighted by Crippen LogP contribution is 2.19. The first-order valence-corrected chi connectivity index (χ1v) is 8.92. The van der Waals surface area contributed by atoms with Crippen LogP contribution in [0.5, 0.6) is 0 Å². The van der Waals surface area contributed by atoms with Crippen LogP contribution in [0.4, 0.5) is 0 Å². The Bertz CT molecular complexity index is 1210. The fraction of sp³-hybridized carbons (Fsp3) is 0.0417. The summed E-state index contributed by atoms with van der Waals surface area (Å²) < 4.78 is 5.11. The number of esters is 1. The van der Waals surface area contributed by atoms with Crippen molar-refractivity contribution in [2.45, 2.75) is 0 Å². The number of ether oxygens (including phenoxy) is 1. The Hall–Kier alpha value is -3.79. The van der Waals surface area contributed by atoms with Gasteiger partial charge in [-0.2, -0.15) is 0 Å². The smallest absolute Gasteiger partial charge is 0.331 e. The highest BCUT2D eigenvalue weighted by molar-refractivity contribution is 6.09. The van der Waals surface area contributed by atoms with Crippen LogP contribution in [-0.4, -0.2) is 23.3 Å². The number of nitrogens with zero attached hydrogens (tertiary/aromatic N) is 1. The molecule has 0 aliphatic heterocycles. The van der Waals surface area contributed by atoms with Gasteiger partial charge in [0.1, 0.15) is 0 Å². The molecule has 0 aliphatic rings. The summed E-state index contributed by atoms with van der Waals surface area (Å²) in [6, 6.07) is 24.6. The standard InChI is InChI=1S/C24H17NO3/c26-23(21-10-5-8-17-6-1-3-9-20(17)21)16-28-24(27)15-14-19-13-12-18-7-2-4-11-22(18)25-19/h1-15H,16H2. The number of carbonyl (C=O) groups is 2. The van der Waals surface area contributed by atoms with E-state index >= 15 is 0 Å². The normalized spacial score (nSPS) is 11.1. The summed E-state index contributed by atoms with van der Waals surface area (Å²) >= 11 is 0. The quantitative estimate of drug-likeness (QED) is 0.288. The molecule has 0 aliphatic carbocycles. The number of hydrogen-bond acceptors (Lipinski definition) is 4. The molecule has 4 heteroatoms. The number of ketones is 1. The summed E-state index contributed by atoms with van der Waals surface area (Å²) in [6.45, 7) is -0.303. The third kappa shape index (κ3) is 3.81. The number of para-hydroxylation sites is 1. The van der Waals surface area contributed by atoms with Crippen LogP contribution < -0.4 is 0 Å². The van der Waals surface area contributed by atoms with Crippen LogP contribution in [0, 0.1) is 0 Å². The summed E-state index contributed by atoms with van der Waals surface area (Å²) in [6.07, 6.45) is 2.87. The van der Waals surface area contributed by atoms with Crippen LogP contribution in [0.15, 0.2) is 84.9 Å². The van der Waals surface area contributed by atoms with Crippen molar-refractivity contribution in [2.75, 3.05) is 6.61 Å². The molecule has 0 spiro atoms. The molecule has 1 aromatic heterocycles. The van der Waals surface area contributed by atoms with Crippen LogP contribution in [0.1, 0.15) is 16.1 Å². The second-order valence-corrected chi connectivity index (χ2v) is 6.32. The summed E-state index contributed by atoms with van der Waals surface area (Å²) in [5.41, 5.74) is 2.05. The molecule has 0 saturated heterocycles. The molecular formula is C24H17NO3. The molecule has 0 radical (unpaired) electrons. The van der Waals surface area contributed by atoms with Crippen molar-refractivity contribution >= 4 is 39.5 Å². The average Bonchev–Trinajstić information content (AvgIpc) is 2.75. The number of carbonyl (C=O) groups excluding carboxylic acids is 2. The number of Topliss-reactive ketones (excluding diaryl/α,β-unsaturated/α-hetero) is 1. The molecule has 1 heterocycles. The summed E-state index contributed by atoms with van der Waals surface area (Å²) in [4.78, 5) is 28.9. The van der Waals surface area contributed by atoms with E-state index in [2.05, 4.69) is 4.98 Å². The minimum atomic E-state index is -0.580. The number of pyridine rings is 1. The minimum absolute atomic E-state index is 0.234. The SMILES string of the molecule is O=C(C=Cc1ccc2ccccc2n1)OCC(=O)c1cccc2ccccc12. The van der Waals surface area contributed by atoms with Gasteiger partial charge in [-0.25, -0.2) is 9.78 Å². The maximum Gasteiger partial charge on any atom is 0.331 e. The number of benzene rings is 3. The molecule has 4 aromatic rings. The van der Waals surface area contributed by atoms with Gasteiger partial charge in [-0.05, 0) is 29.0 Å². The molecule has 3 aromatic carbocycles. The van der Waals surface area contributed by atoms with E-state index in [1.165, 1.54) is 6.08 Å². The lowest BCUT2D eigenvalue weighted by Crippen LogP contribution is -2.12. The Morgan fingerprint density at radius 3 is 2.46 bits per heavy atom. The largest absolute Gasteiger partial charge is 0.454 e. The molecule has 0 saturated carbocycles. The first-order chi connectivity index (χ1) is 13.7. The average molecular weight is 367 g/mol. The van der Waals surface area contributed by atoms with Gasteiger partial charge < -0.3 is 4.74 Å². The predicted molar refractivity (Wildman–Crippen MR) is 110 cm³/mol. The summed E-state index contributed by atoms with van der Waals surface area (Å²) in [7, 11) is 0. The number of rotatable bonds is 5. The van der Waals surface area contributed by atoms with Gasteiger partial charge in [0.05, 0.1) is 11.2 Å². The number of hydrogen-bond donors (Lipinski definition) is 0. The topological polar surface area (TPSA) is 56.3 Å². The lowest BCUT2D eigenvalue weighted by atomic mass is 10.0. The Labute approximate surface area is 162 Å². The van der Waals surface area contributed by atoms with Gasteiger partial charge in [-0.3, -0.25) is 4.79 Å². The third-order valence-corrected chi connectivity index (χ3v) is 4.45. The molecule has 0 N–H and O–H groups in total. The van der Waals surface area contributed by atoms with Crippen LogP contribution in [0.25, 0.3) is 27.8 Å². The Kier molecular flexibility index (Phi) is 4.93. The second kappa shape index (κ2) is 7.84. The van der Waals surface area contributed by atoms with Crippen molar-refractivity contribution in [1.29, 1.82) is 0 Å². The molecule has 0 amide bonds. The van der Waals surface area contributed by atoms with Gasteiger partial charge in [0.25, 0.3) is 0 Å². The van der Waals surface area contributed by atoms with Crippen molar-refractivity contribution < 1.29 is 14.3 Å². The van der Waals surface area contributed by atoms with E-state index in [-0.39, 0.29) is 12.4 Å². The van der Waals surface area contributed by atoms with E-state index in [9.17, 15) is 9.59 Å². The molecule has 0 unspecified atom stereocenters. The van der Waals surface area contributed by atoms with Gasteiger partial charge >= 0.3 is 5.97 Å². The molecular weight excluding hydrogens is 350 g/mol. The Balaban J connectivity index is 1.42. The zero-order valence-electron chi connectivity index (χ0n) is 15.0. The van der Waals surface area contributed by atoms with E-state index in [4.69, 9.17) is 4.74 Å². The Morgan fingerprint density at radius 2 is 1.57 bits per heavy atom. The van der Waals surface area contributed by atoms with E-state index in [1.807, 2.05) is 72.8 Å². The van der Waals surface area contributed by atoms with Crippen molar-refractivity contribution in [2.24, 2.45) is 0 Å². The van der Waals surface area contributed by atoms with Crippen LogP contribution in [0.2, 0.25) is 0 Å². The predicted octanol–water partition coefficient (Wildman–Crippen LogP) is 4.83. The second-order valence-electron chi connectivity index (χ2n) is 6.32. The zero-order chi connectivity index (χ0) is 19.3. The Morgan fingerprint density at radius 1 is 0.821 bits per heavy atom. The van der Waals surface area contributed by atoms with Crippen molar-refractivity contribution in [3.63, 3.8) is 0 Å². The lowest BCUT2D eigenvalue weighted by molar-refractivity contribution is -0.136. The molecule has 0 fully saturated rings. The highest BCUT2D eigenvalue weighted by atomic mass is 16.5. The van der Waals surface area contributed by atoms with E-state index < -0.39 is 5.97 Å². The van der Waals surface area contributed by atoms with Gasteiger partial charge in [-0.15, -0.1) is 0 Å². The maximum absolute atomic E-state index is 12.5. The maximum atomic E-state index is 12.5. The summed E-state index contributed by atoms with van der Waals surface area (Å²) in [5, 5.41) is 2.85. The van der Waals surface area contributed by atoms with Crippen molar-refractivity contribution in [3.8, 4) is 0 Å². The van der Waals surface area contributed by atoms with Gasteiger partial charge in [0, 0.05) is 17.0 Å². The van der Waals surface area contributed by atoms with Gasteiger partial charge in [0.15, 0.2) is 6.61 Å². The van der Waals surface area contributed by atoms with Gasteiger partial charge in [0.2, 0.25) is 5.78 Å². The molecule has 136 valence electrons. The van der Waals surface area contributed by atoms with Crippen LogP contribution >= 0.6 is 0 Å². The lowest BCUT2D eigenvalue weighted by Gasteiger charge is -2.06. The molecule has 4 rings (SSSR count). The van der Waals surface area contributed by atoms with Crippen molar-refractivity contribution in [1.82, 2.24) is 4.98 Å². The highest BCUT2D eigenvalue weighted by Gasteiger charge is 2.11. The van der Waals surface area contributed by atoms with E-state index in [0.717, 1.165) is 21.7 Å². The van der Waals surface area contributed by atoms with E-state index in [0.29, 0.717) is 11.3 Å². The van der Waals surface area contributed by atoms with Gasteiger partial charge in [-0.1, -0.05) is 66.7 Å². The third-order valence-electron chi connectivity index (χ3n) is 4.45. The zero-order valence-corrected chi connectivity index (χ0v) is 15.0. The fourth-order valence-corrected chi connectivity index (χ4v) is 3.06.